The summed E-state index contributed by atoms with van der Waals surface area (Å²) in [6.07, 6.45) is 3.58. The Morgan fingerprint density at radius 3 is 2.76 bits per heavy atom. The minimum atomic E-state index is -3.91. The first-order valence-electron chi connectivity index (χ1n) is 9.05. The fourth-order valence-electron chi connectivity index (χ4n) is 2.94. The molecule has 1 aromatic carbocycles. The Labute approximate surface area is 179 Å². The Kier molecular flexibility index (Phi) is 6.77. The van der Waals surface area contributed by atoms with Crippen LogP contribution in [0, 0.1) is 0 Å². The molecular weight excluding hydrogens is 435 g/mol. The molecule has 1 fully saturated rings. The zero-order valence-corrected chi connectivity index (χ0v) is 18.1. The Morgan fingerprint density at radius 1 is 1.17 bits per heavy atom. The molecule has 0 saturated carbocycles. The highest BCUT2D eigenvalue weighted by Crippen LogP contribution is 2.22. The van der Waals surface area contributed by atoms with Gasteiger partial charge in [-0.25, -0.2) is 4.98 Å². The number of carbonyl (C=O) groups is 1. The Balaban J connectivity index is 1.85. The van der Waals surface area contributed by atoms with E-state index in [1.165, 1.54) is 30.3 Å². The number of amidine groups is 1. The number of likely N-dealkylation sites (tertiary alicyclic amines) is 1. The second-order valence-electron chi connectivity index (χ2n) is 6.66. The van der Waals surface area contributed by atoms with Crippen LogP contribution in [0.15, 0.2) is 45.7 Å². The number of sulfonamides is 1. The average Bonchev–Trinajstić information content (AvgIpc) is 2.88. The van der Waals surface area contributed by atoms with Gasteiger partial charge in [-0.15, -0.1) is 4.40 Å². The van der Waals surface area contributed by atoms with Crippen molar-refractivity contribution in [2.75, 3.05) is 18.9 Å². The Morgan fingerprint density at radius 2 is 1.97 bits per heavy atom. The van der Waals surface area contributed by atoms with Crippen LogP contribution in [0.1, 0.15) is 36.2 Å². The summed E-state index contributed by atoms with van der Waals surface area (Å²) < 4.78 is 29.6. The first-order valence-corrected chi connectivity index (χ1v) is 11.2. The third-order valence-electron chi connectivity index (χ3n) is 4.48. The van der Waals surface area contributed by atoms with Gasteiger partial charge in [-0.2, -0.15) is 8.42 Å². The predicted octanol–water partition coefficient (Wildman–Crippen LogP) is 4.23. The SMILES string of the molecule is CN1CCCCC/C1=N\S(=O)(=O)c1cccc(NC(=O)c2nc(Cl)ccc2Cl)c1. The van der Waals surface area contributed by atoms with Crippen LogP contribution >= 0.6 is 23.2 Å². The van der Waals surface area contributed by atoms with E-state index in [0.29, 0.717) is 12.3 Å². The van der Waals surface area contributed by atoms with Crippen LogP contribution in [0.4, 0.5) is 5.69 Å². The molecule has 1 N–H and O–H groups in total. The molecule has 1 aromatic heterocycles. The van der Waals surface area contributed by atoms with Crippen molar-refractivity contribution in [2.45, 2.75) is 30.6 Å². The number of nitrogens with zero attached hydrogens (tertiary/aromatic N) is 3. The zero-order valence-electron chi connectivity index (χ0n) is 15.7. The number of pyridine rings is 1. The minimum Gasteiger partial charge on any atom is -0.362 e. The van der Waals surface area contributed by atoms with E-state index in [-0.39, 0.29) is 26.5 Å². The number of hydrogen-bond acceptors (Lipinski definition) is 4. The molecule has 154 valence electrons. The number of rotatable bonds is 4. The highest BCUT2D eigenvalue weighted by atomic mass is 35.5. The second kappa shape index (κ2) is 9.11. The molecule has 3 rings (SSSR count). The van der Waals surface area contributed by atoms with Crippen molar-refractivity contribution in [1.82, 2.24) is 9.88 Å². The lowest BCUT2D eigenvalue weighted by Gasteiger charge is -2.17. The molecule has 1 amide bonds. The van der Waals surface area contributed by atoms with Gasteiger partial charge in [0.1, 0.15) is 16.7 Å². The van der Waals surface area contributed by atoms with E-state index in [1.54, 1.807) is 6.07 Å². The zero-order chi connectivity index (χ0) is 21.0. The number of anilines is 1. The van der Waals surface area contributed by atoms with Gasteiger partial charge in [0, 0.05) is 25.7 Å². The van der Waals surface area contributed by atoms with Crippen molar-refractivity contribution >= 4 is 50.7 Å². The molecule has 0 bridgehead atoms. The van der Waals surface area contributed by atoms with Crippen molar-refractivity contribution in [3.8, 4) is 0 Å². The summed E-state index contributed by atoms with van der Waals surface area (Å²) in [5, 5.41) is 2.86. The molecule has 29 heavy (non-hydrogen) atoms. The summed E-state index contributed by atoms with van der Waals surface area (Å²) in [5.74, 6) is -0.0475. The summed E-state index contributed by atoms with van der Waals surface area (Å²) in [7, 11) is -2.07. The largest absolute Gasteiger partial charge is 0.362 e. The van der Waals surface area contributed by atoms with Crippen LogP contribution in [0.2, 0.25) is 10.2 Å². The fraction of sp³-hybridized carbons (Fsp3) is 0.316. The summed E-state index contributed by atoms with van der Waals surface area (Å²) in [6, 6.07) is 8.83. The number of amides is 1. The van der Waals surface area contributed by atoms with E-state index >= 15 is 0 Å². The molecule has 0 atom stereocenters. The van der Waals surface area contributed by atoms with Crippen LogP contribution in [-0.4, -0.2) is 43.6 Å². The lowest BCUT2D eigenvalue weighted by molar-refractivity contribution is 0.102. The number of nitrogens with one attached hydrogen (secondary N) is 1. The molecule has 10 heteroatoms. The van der Waals surface area contributed by atoms with Crippen molar-refractivity contribution in [3.05, 3.63) is 52.3 Å². The highest BCUT2D eigenvalue weighted by molar-refractivity contribution is 7.90. The number of carbonyl (C=O) groups excluding carboxylic acids is 1. The van der Waals surface area contributed by atoms with Crippen molar-refractivity contribution in [1.29, 1.82) is 0 Å². The van der Waals surface area contributed by atoms with Gasteiger partial charge < -0.3 is 10.2 Å². The Bertz CT molecular complexity index is 1060. The van der Waals surface area contributed by atoms with Crippen LogP contribution in [-0.2, 0) is 10.0 Å². The first-order chi connectivity index (χ1) is 13.8. The summed E-state index contributed by atoms with van der Waals surface area (Å²) in [5.41, 5.74) is 0.232. The maximum atomic E-state index is 12.8. The van der Waals surface area contributed by atoms with Gasteiger partial charge in [0.05, 0.1) is 9.92 Å². The fourth-order valence-corrected chi connectivity index (χ4v) is 4.42. The second-order valence-corrected chi connectivity index (χ2v) is 9.06. The van der Waals surface area contributed by atoms with Crippen LogP contribution < -0.4 is 5.32 Å². The summed E-state index contributed by atoms with van der Waals surface area (Å²) in [4.78, 5) is 18.2. The number of halogens is 2. The lowest BCUT2D eigenvalue weighted by atomic mass is 10.2. The molecule has 2 aromatic rings. The van der Waals surface area contributed by atoms with E-state index < -0.39 is 15.9 Å². The molecule has 0 aliphatic carbocycles. The maximum Gasteiger partial charge on any atom is 0.284 e. The molecule has 0 radical (unpaired) electrons. The van der Waals surface area contributed by atoms with Gasteiger partial charge in [0.25, 0.3) is 15.9 Å². The van der Waals surface area contributed by atoms with E-state index in [9.17, 15) is 13.2 Å². The maximum absolute atomic E-state index is 12.8. The van der Waals surface area contributed by atoms with Gasteiger partial charge in [-0.3, -0.25) is 4.79 Å². The summed E-state index contributed by atoms with van der Waals surface area (Å²) in [6.45, 7) is 0.776. The predicted molar refractivity (Wildman–Crippen MR) is 114 cm³/mol. The smallest absolute Gasteiger partial charge is 0.284 e. The number of benzene rings is 1. The quantitative estimate of drug-likeness (QED) is 0.697. The molecule has 7 nitrogen and oxygen atoms in total. The van der Waals surface area contributed by atoms with Crippen LogP contribution in [0.3, 0.4) is 0 Å². The van der Waals surface area contributed by atoms with Crippen molar-refractivity contribution in [2.24, 2.45) is 4.40 Å². The monoisotopic (exact) mass is 454 g/mol. The molecule has 2 heterocycles. The lowest BCUT2D eigenvalue weighted by Crippen LogP contribution is -2.26. The molecule has 0 unspecified atom stereocenters. The topological polar surface area (TPSA) is 91.7 Å². The van der Waals surface area contributed by atoms with Gasteiger partial charge in [-0.05, 0) is 43.2 Å². The Hall–Kier alpha value is -2.16. The molecule has 1 aliphatic heterocycles. The highest BCUT2D eigenvalue weighted by Gasteiger charge is 2.19. The van der Waals surface area contributed by atoms with Gasteiger partial charge in [-0.1, -0.05) is 35.7 Å². The third kappa shape index (κ3) is 5.46. The third-order valence-corrected chi connectivity index (χ3v) is 6.29. The van der Waals surface area contributed by atoms with E-state index in [0.717, 1.165) is 25.8 Å². The van der Waals surface area contributed by atoms with Gasteiger partial charge in [0.15, 0.2) is 0 Å². The normalized spacial score (nSPS) is 16.5. The van der Waals surface area contributed by atoms with E-state index in [2.05, 4.69) is 14.7 Å². The van der Waals surface area contributed by atoms with E-state index in [1.807, 2.05) is 11.9 Å². The van der Waals surface area contributed by atoms with Crippen LogP contribution in [0.25, 0.3) is 0 Å². The first kappa shape index (κ1) is 21.5. The van der Waals surface area contributed by atoms with Crippen LogP contribution in [0.5, 0.6) is 0 Å². The van der Waals surface area contributed by atoms with Crippen molar-refractivity contribution in [3.63, 3.8) is 0 Å². The molecular formula is C19H20Cl2N4O3S. The summed E-state index contributed by atoms with van der Waals surface area (Å²) >= 11 is 11.8. The molecule has 1 saturated heterocycles. The molecule has 1 aliphatic rings. The molecule has 0 spiro atoms. The van der Waals surface area contributed by atoms with Crippen molar-refractivity contribution < 1.29 is 13.2 Å². The number of hydrogen-bond donors (Lipinski definition) is 1. The minimum absolute atomic E-state index is 0.00871. The van der Waals surface area contributed by atoms with Gasteiger partial charge in [0.2, 0.25) is 0 Å². The standard InChI is InChI=1S/C19H20Cl2N4O3S/c1-25-11-4-2-3-8-17(25)24-29(27,28)14-7-5-6-13(12-14)22-19(26)18-15(20)9-10-16(21)23-18/h5-7,9-10,12H,2-4,8,11H2,1H3,(H,22,26)/b24-17+. The average molecular weight is 455 g/mol. The van der Waals surface area contributed by atoms with E-state index in [4.69, 9.17) is 23.2 Å². The number of aromatic nitrogens is 1. The van der Waals surface area contributed by atoms with Gasteiger partial charge >= 0.3 is 0 Å².